The third-order valence-electron chi connectivity index (χ3n) is 17.8. The Morgan fingerprint density at radius 1 is 0.926 bits per heavy atom. The van der Waals surface area contributed by atoms with E-state index in [1.54, 1.807) is 50.3 Å². The van der Waals surface area contributed by atoms with Crippen molar-refractivity contribution in [3.8, 4) is 11.8 Å². The van der Waals surface area contributed by atoms with Gasteiger partial charge in [-0.3, -0.25) is 28.8 Å². The Hall–Kier alpha value is -5.98. The zero-order chi connectivity index (χ0) is 58.5. The smallest absolute Gasteiger partial charge is 0.429 e. The number of ketones is 3. The van der Waals surface area contributed by atoms with Crippen molar-refractivity contribution in [2.45, 2.75) is 193 Å². The van der Waals surface area contributed by atoms with Gasteiger partial charge in [-0.15, -0.1) is 5.92 Å². The van der Waals surface area contributed by atoms with E-state index in [1.807, 2.05) is 19.9 Å². The van der Waals surface area contributed by atoms with Crippen molar-refractivity contribution >= 4 is 52.9 Å². The zero-order valence-corrected chi connectivity index (χ0v) is 47.9. The lowest BCUT2D eigenvalue weighted by molar-refractivity contribution is -0.200. The van der Waals surface area contributed by atoms with Gasteiger partial charge < -0.3 is 61.5 Å². The lowest BCUT2D eigenvalue weighted by Crippen LogP contribution is -2.63. The van der Waals surface area contributed by atoms with Gasteiger partial charge >= 0.3 is 12.2 Å². The number of aliphatic hydroxyl groups is 1. The summed E-state index contributed by atoms with van der Waals surface area (Å²) < 4.78 is 29.8. The number of amides is 5. The van der Waals surface area contributed by atoms with Gasteiger partial charge in [0, 0.05) is 54.3 Å². The number of nitrogens with one attached hydrogen (secondary N) is 4. The topological polar surface area (TPSA) is 303 Å². The van der Waals surface area contributed by atoms with Crippen molar-refractivity contribution in [1.29, 1.82) is 0 Å². The molecule has 0 radical (unpaired) electrons. The van der Waals surface area contributed by atoms with Crippen LogP contribution in [0, 0.1) is 52.3 Å². The minimum Gasteiger partial charge on any atom is -0.429 e. The highest BCUT2D eigenvalue weighted by Gasteiger charge is 2.76. The lowest BCUT2D eigenvalue weighted by atomic mass is 9.46. The minimum atomic E-state index is -1.48. The molecule has 6 aliphatic rings. The molecule has 4 fully saturated rings. The highest BCUT2D eigenvalue weighted by atomic mass is 16.8. The van der Waals surface area contributed by atoms with Crippen molar-refractivity contribution in [2.75, 3.05) is 31.6 Å². The molecule has 1 aromatic carbocycles. The Kier molecular flexibility index (Phi) is 21.9. The summed E-state index contributed by atoms with van der Waals surface area (Å²) in [4.78, 5) is 105. The van der Waals surface area contributed by atoms with Crippen LogP contribution in [0.4, 0.5) is 15.3 Å². The molecule has 13 atom stereocenters. The molecule has 0 aromatic heterocycles. The number of hydrogen-bond acceptors (Lipinski definition) is 15. The molecule has 2 unspecified atom stereocenters. The molecule has 7 rings (SSSR count). The van der Waals surface area contributed by atoms with E-state index in [9.17, 15) is 43.5 Å². The highest BCUT2D eigenvalue weighted by Crippen LogP contribution is 2.69. The van der Waals surface area contributed by atoms with E-state index in [1.165, 1.54) is 0 Å². The molecule has 0 spiro atoms. The number of anilines is 1. The number of nitrogens with two attached hydrogens (primary N) is 2. The predicted molar refractivity (Wildman–Crippen MR) is 299 cm³/mol. The van der Waals surface area contributed by atoms with Crippen LogP contribution in [-0.4, -0.2) is 121 Å². The number of Topliss-reactive ketones (excluding diaryl/α,β-unsaturated/α-hetero) is 2. The van der Waals surface area contributed by atoms with Gasteiger partial charge in [0.05, 0.1) is 24.3 Å². The molecule has 1 aromatic rings. The molecule has 0 bridgehead atoms. The first-order valence-electron chi connectivity index (χ1n) is 29.4. The van der Waals surface area contributed by atoms with Gasteiger partial charge in [0.25, 0.3) is 0 Å². The van der Waals surface area contributed by atoms with Crippen LogP contribution in [0.3, 0.4) is 0 Å². The van der Waals surface area contributed by atoms with Crippen molar-refractivity contribution in [1.82, 2.24) is 16.0 Å². The second-order valence-corrected chi connectivity index (χ2v) is 23.8. The number of rotatable bonds is 27. The van der Waals surface area contributed by atoms with Crippen molar-refractivity contribution in [3.63, 3.8) is 0 Å². The fourth-order valence-corrected chi connectivity index (χ4v) is 13.7. The first kappa shape index (κ1) is 62.6. The second-order valence-electron chi connectivity index (χ2n) is 23.8. The van der Waals surface area contributed by atoms with E-state index in [2.05, 4.69) is 40.0 Å². The minimum absolute atomic E-state index is 0.0218. The van der Waals surface area contributed by atoms with Gasteiger partial charge in [-0.1, -0.05) is 77.2 Å². The van der Waals surface area contributed by atoms with Crippen LogP contribution in [-0.2, 0) is 59.1 Å². The number of allylic oxidation sites excluding steroid dienone is 4. The monoisotopic (exact) mass is 1130 g/mol. The van der Waals surface area contributed by atoms with Gasteiger partial charge in [0.1, 0.15) is 19.3 Å². The average molecular weight is 1130 g/mol. The number of primary amides is 1. The molecule has 1 heterocycles. The number of ether oxygens (including phenoxy) is 5. The van der Waals surface area contributed by atoms with Gasteiger partial charge in [-0.2, -0.15) is 0 Å². The van der Waals surface area contributed by atoms with E-state index in [-0.39, 0.29) is 86.3 Å². The zero-order valence-electron chi connectivity index (χ0n) is 47.9. The van der Waals surface area contributed by atoms with Crippen LogP contribution in [0.5, 0.6) is 0 Å². The standard InChI is InChI=1S/C61H86N6O14/c1-6-15-52-80-50-32-45-44-25-22-40-31-42(68)26-27-59(40,4)53(44)48(70)33-60(45,5)61(50,81-52)49(71)35-79-58(76)78-34-38-20-23-41(24-21-38)66-55(73)39(16-14-29-65-57(63)75)30-47(69)54(37(2)3)67-56(74)46(62)19-12-13-28-64-51(72)36-77-43-17-10-8-7-9-11-18-43/h20-21,23-24,26-27,31,37,39,43-46,48,50,52-54,70H,6-10,12-17,19,22,25,28-30,32-36,62H2,1-5H3,(H,64,72)(H,66,73)(H,67,74)(H3,63,65,75)/t39-,43?,44+,45+,46-,48+,50-,52?,53-,54+,59+,60+,61-/m1/s1. The fourth-order valence-electron chi connectivity index (χ4n) is 13.7. The number of unbranched alkanes of at least 4 members (excludes halogenated alkanes) is 1. The molecule has 5 amide bonds. The first-order valence-corrected chi connectivity index (χ1v) is 29.4. The van der Waals surface area contributed by atoms with Gasteiger partial charge in [-0.05, 0) is 131 Å². The molecule has 81 heavy (non-hydrogen) atoms. The van der Waals surface area contributed by atoms with Crippen LogP contribution < -0.4 is 32.7 Å². The van der Waals surface area contributed by atoms with Crippen LogP contribution in [0.1, 0.15) is 149 Å². The van der Waals surface area contributed by atoms with E-state index in [4.69, 9.17) is 35.2 Å². The molecule has 1 saturated heterocycles. The summed E-state index contributed by atoms with van der Waals surface area (Å²) in [5.41, 5.74) is 10.7. The summed E-state index contributed by atoms with van der Waals surface area (Å²) in [5.74, 6) is 2.69. The Morgan fingerprint density at radius 3 is 2.43 bits per heavy atom. The number of carbonyl (C=O) groups excluding carboxylic acids is 8. The number of carbonyl (C=O) groups is 8. The number of urea groups is 1. The molecule has 20 nitrogen and oxygen atoms in total. The summed E-state index contributed by atoms with van der Waals surface area (Å²) >= 11 is 0. The van der Waals surface area contributed by atoms with Crippen LogP contribution in [0.15, 0.2) is 48.1 Å². The molecule has 20 heteroatoms. The van der Waals surface area contributed by atoms with Gasteiger partial charge in [0.2, 0.25) is 23.5 Å². The van der Waals surface area contributed by atoms with Crippen molar-refractivity contribution in [3.05, 3.63) is 53.6 Å². The molecule has 3 saturated carbocycles. The summed E-state index contributed by atoms with van der Waals surface area (Å²) in [7, 11) is 0. The van der Waals surface area contributed by atoms with Crippen LogP contribution in [0.2, 0.25) is 0 Å². The van der Waals surface area contributed by atoms with E-state index in [0.29, 0.717) is 62.7 Å². The van der Waals surface area contributed by atoms with E-state index in [0.717, 1.165) is 50.5 Å². The molecular formula is C61H86N6O14. The van der Waals surface area contributed by atoms with Crippen molar-refractivity contribution in [2.24, 2.45) is 51.9 Å². The van der Waals surface area contributed by atoms with Crippen LogP contribution in [0.25, 0.3) is 0 Å². The normalized spacial score (nSPS) is 29.3. The maximum absolute atomic E-state index is 14.6. The Labute approximate surface area is 476 Å². The summed E-state index contributed by atoms with van der Waals surface area (Å²) in [6, 6.07) is 3.89. The average Bonchev–Trinajstić information content (AvgIpc) is 2.87. The molecule has 9 N–H and O–H groups in total. The molecular weight excluding hydrogens is 1040 g/mol. The summed E-state index contributed by atoms with van der Waals surface area (Å²) in [6.45, 7) is 9.27. The number of benzene rings is 1. The fraction of sp³-hybridized carbons (Fsp3) is 0.672. The largest absolute Gasteiger partial charge is 0.509 e. The predicted octanol–water partition coefficient (Wildman–Crippen LogP) is 6.15. The summed E-state index contributed by atoms with van der Waals surface area (Å²) in [5, 5.41) is 23.0. The lowest BCUT2D eigenvalue weighted by Gasteiger charge is -2.59. The quantitative estimate of drug-likeness (QED) is 0.0295. The number of hydrogen-bond donors (Lipinski definition) is 7. The maximum Gasteiger partial charge on any atom is 0.509 e. The van der Waals surface area contributed by atoms with E-state index < -0.39 is 89.3 Å². The Bertz CT molecular complexity index is 2580. The third kappa shape index (κ3) is 15.2. The maximum atomic E-state index is 14.6. The number of fused-ring (bicyclic) bond motifs is 7. The SMILES string of the molecule is CCCC1O[C@@H]2C[C@H]3[C@@H]4CCC5=CC(=O)C=C[C@]5(C)[C@H]4[C@@H](O)C[C@]3(C)[C@]2(C(=O)COC(=O)OCc2ccc(NC(=O)[C@H](CCCNC(N)=O)CC(=O)[C@@H](NC(=O)[C@H](N)CCCCNC(=O)COC3C#CCCCCC3)C(C)C)cc2)O1. The van der Waals surface area contributed by atoms with Gasteiger partial charge in [0.15, 0.2) is 30.1 Å². The molecule has 444 valence electrons. The third-order valence-corrected chi connectivity index (χ3v) is 17.8. The van der Waals surface area contributed by atoms with E-state index >= 15 is 0 Å². The number of aliphatic hydroxyl groups excluding tert-OH is 1. The molecule has 1 aliphatic heterocycles. The van der Waals surface area contributed by atoms with Gasteiger partial charge in [-0.25, -0.2) is 9.59 Å². The summed E-state index contributed by atoms with van der Waals surface area (Å²) in [6.07, 6.45) is 12.0. The Balaban J connectivity index is 0.884. The second kappa shape index (κ2) is 28.3. The highest BCUT2D eigenvalue weighted by molar-refractivity contribution is 6.01. The Morgan fingerprint density at radius 2 is 1.69 bits per heavy atom. The van der Waals surface area contributed by atoms with Crippen molar-refractivity contribution < 1.29 is 67.1 Å². The first-order chi connectivity index (χ1) is 38.7. The molecule has 5 aliphatic carbocycles. The van der Waals surface area contributed by atoms with Crippen LogP contribution >= 0.6 is 0 Å².